The third-order valence-electron chi connectivity index (χ3n) is 5.72. The number of nitrogens with one attached hydrogen (secondary N) is 2. The summed E-state index contributed by atoms with van der Waals surface area (Å²) in [6.07, 6.45) is 0. The SMILES string of the molecule is CC(C)N(C)Cc1ccccc1CNC(=O)NCc1ccccc1CN(C)C(C)C. The topological polar surface area (TPSA) is 47.6 Å². The van der Waals surface area contributed by atoms with E-state index in [2.05, 4.69) is 98.6 Å². The van der Waals surface area contributed by atoms with Crippen molar-refractivity contribution in [2.45, 2.75) is 66.0 Å². The molecular formula is C25H38N4O. The van der Waals surface area contributed by atoms with Crippen LogP contribution in [-0.2, 0) is 26.2 Å². The van der Waals surface area contributed by atoms with Crippen molar-refractivity contribution >= 4 is 6.03 Å². The van der Waals surface area contributed by atoms with Crippen LogP contribution in [0, 0.1) is 0 Å². The molecule has 0 bridgehead atoms. The van der Waals surface area contributed by atoms with E-state index < -0.39 is 0 Å². The maximum atomic E-state index is 12.4. The third kappa shape index (κ3) is 7.47. The summed E-state index contributed by atoms with van der Waals surface area (Å²) in [7, 11) is 4.24. The minimum Gasteiger partial charge on any atom is -0.334 e. The summed E-state index contributed by atoms with van der Waals surface area (Å²) in [6.45, 7) is 11.5. The van der Waals surface area contributed by atoms with Crippen molar-refractivity contribution in [1.29, 1.82) is 0 Å². The number of carbonyl (C=O) groups excluding carboxylic acids is 1. The molecule has 0 radical (unpaired) electrons. The normalized spacial score (nSPS) is 11.5. The van der Waals surface area contributed by atoms with E-state index in [0.29, 0.717) is 25.2 Å². The molecule has 2 aromatic rings. The Morgan fingerprint density at radius 1 is 0.700 bits per heavy atom. The molecule has 0 aliphatic carbocycles. The fraction of sp³-hybridized carbons (Fsp3) is 0.480. The zero-order chi connectivity index (χ0) is 22.1. The monoisotopic (exact) mass is 410 g/mol. The van der Waals surface area contributed by atoms with Gasteiger partial charge in [-0.1, -0.05) is 48.5 Å². The minimum atomic E-state index is -0.144. The first-order chi connectivity index (χ1) is 14.3. The fourth-order valence-corrected chi connectivity index (χ4v) is 3.08. The van der Waals surface area contributed by atoms with Crippen LogP contribution in [0.5, 0.6) is 0 Å². The molecule has 0 aliphatic rings. The highest BCUT2D eigenvalue weighted by molar-refractivity contribution is 5.73. The van der Waals surface area contributed by atoms with E-state index in [1.165, 1.54) is 11.1 Å². The molecule has 0 atom stereocenters. The van der Waals surface area contributed by atoms with Crippen LogP contribution < -0.4 is 10.6 Å². The van der Waals surface area contributed by atoms with Crippen molar-refractivity contribution in [3.8, 4) is 0 Å². The van der Waals surface area contributed by atoms with Crippen molar-refractivity contribution < 1.29 is 4.79 Å². The number of hydrogen-bond donors (Lipinski definition) is 2. The summed E-state index contributed by atoms with van der Waals surface area (Å²) >= 11 is 0. The Morgan fingerprint density at radius 2 is 1.03 bits per heavy atom. The van der Waals surface area contributed by atoms with Gasteiger partial charge in [-0.2, -0.15) is 0 Å². The first kappa shape index (κ1) is 23.9. The molecule has 0 saturated carbocycles. The van der Waals surface area contributed by atoms with Crippen LogP contribution in [0.25, 0.3) is 0 Å². The van der Waals surface area contributed by atoms with Crippen molar-refractivity contribution in [1.82, 2.24) is 20.4 Å². The van der Waals surface area contributed by atoms with Gasteiger partial charge in [0.05, 0.1) is 0 Å². The van der Waals surface area contributed by atoms with E-state index in [1.807, 2.05) is 12.1 Å². The molecule has 2 N–H and O–H groups in total. The Kier molecular flexibility index (Phi) is 9.34. The predicted octanol–water partition coefficient (Wildman–Crippen LogP) is 4.37. The number of nitrogens with zero attached hydrogens (tertiary/aromatic N) is 2. The Bertz CT molecular complexity index is 738. The van der Waals surface area contributed by atoms with Crippen LogP contribution in [0.15, 0.2) is 48.5 Å². The standard InChI is InChI=1S/C25H38N4O/c1-19(2)28(5)17-23-13-9-7-11-21(23)15-26-25(30)27-16-22-12-8-10-14-24(22)18-29(6)20(3)4/h7-14,19-20H,15-18H2,1-6H3,(H2,26,27,30). The van der Waals surface area contributed by atoms with Crippen molar-refractivity contribution in [3.63, 3.8) is 0 Å². The first-order valence-electron chi connectivity index (χ1n) is 10.8. The number of amides is 2. The second kappa shape index (κ2) is 11.7. The molecule has 0 saturated heterocycles. The van der Waals surface area contributed by atoms with Gasteiger partial charge >= 0.3 is 6.03 Å². The van der Waals surface area contributed by atoms with E-state index in [0.717, 1.165) is 24.2 Å². The van der Waals surface area contributed by atoms with E-state index in [-0.39, 0.29) is 6.03 Å². The van der Waals surface area contributed by atoms with Crippen molar-refractivity contribution in [3.05, 3.63) is 70.8 Å². The molecule has 5 nitrogen and oxygen atoms in total. The van der Waals surface area contributed by atoms with Gasteiger partial charge in [-0.15, -0.1) is 0 Å². The lowest BCUT2D eigenvalue weighted by atomic mass is 10.1. The molecule has 2 rings (SSSR count). The van der Waals surface area contributed by atoms with Gasteiger partial charge in [-0.05, 0) is 64.0 Å². The van der Waals surface area contributed by atoms with Crippen molar-refractivity contribution in [2.75, 3.05) is 14.1 Å². The van der Waals surface area contributed by atoms with Crippen molar-refractivity contribution in [2.24, 2.45) is 0 Å². The van der Waals surface area contributed by atoms with Gasteiger partial charge in [0.15, 0.2) is 0 Å². The zero-order valence-electron chi connectivity index (χ0n) is 19.4. The number of carbonyl (C=O) groups is 1. The molecule has 2 aromatic carbocycles. The molecule has 0 fully saturated rings. The first-order valence-corrected chi connectivity index (χ1v) is 10.8. The summed E-state index contributed by atoms with van der Waals surface area (Å²) in [5, 5.41) is 6.02. The average Bonchev–Trinajstić information content (AvgIpc) is 2.72. The van der Waals surface area contributed by atoms with Crippen LogP contribution in [0.2, 0.25) is 0 Å². The number of urea groups is 1. The lowest BCUT2D eigenvalue weighted by molar-refractivity contribution is 0.239. The maximum absolute atomic E-state index is 12.4. The van der Waals surface area contributed by atoms with Gasteiger partial charge < -0.3 is 10.6 Å². The summed E-state index contributed by atoms with van der Waals surface area (Å²) in [5.41, 5.74) is 4.80. The summed E-state index contributed by atoms with van der Waals surface area (Å²) in [4.78, 5) is 17.0. The van der Waals surface area contributed by atoms with Crippen LogP contribution in [0.4, 0.5) is 4.79 Å². The number of benzene rings is 2. The highest BCUT2D eigenvalue weighted by atomic mass is 16.2. The van der Waals surface area contributed by atoms with Crippen LogP contribution in [0.3, 0.4) is 0 Å². The molecule has 164 valence electrons. The molecule has 0 aromatic heterocycles. The Morgan fingerprint density at radius 3 is 1.37 bits per heavy atom. The summed E-state index contributed by atoms with van der Waals surface area (Å²) < 4.78 is 0. The fourth-order valence-electron chi connectivity index (χ4n) is 3.08. The summed E-state index contributed by atoms with van der Waals surface area (Å²) in [6, 6.07) is 17.4. The van der Waals surface area contributed by atoms with E-state index >= 15 is 0 Å². The quantitative estimate of drug-likeness (QED) is 0.612. The van der Waals surface area contributed by atoms with Gasteiger partial charge in [-0.3, -0.25) is 9.80 Å². The second-order valence-electron chi connectivity index (χ2n) is 8.59. The molecule has 0 heterocycles. The smallest absolute Gasteiger partial charge is 0.315 e. The van der Waals surface area contributed by atoms with E-state index in [4.69, 9.17) is 0 Å². The van der Waals surface area contributed by atoms with Gasteiger partial charge in [0.25, 0.3) is 0 Å². The van der Waals surface area contributed by atoms with Gasteiger partial charge in [-0.25, -0.2) is 4.79 Å². The molecular weight excluding hydrogens is 372 g/mol. The Hall–Kier alpha value is -2.37. The molecule has 0 aliphatic heterocycles. The van der Waals surface area contributed by atoms with Gasteiger partial charge in [0, 0.05) is 38.3 Å². The summed E-state index contributed by atoms with van der Waals surface area (Å²) in [5.74, 6) is 0. The number of rotatable bonds is 10. The van der Waals surface area contributed by atoms with Crippen LogP contribution >= 0.6 is 0 Å². The van der Waals surface area contributed by atoms with Crippen LogP contribution in [-0.4, -0.2) is 42.0 Å². The van der Waals surface area contributed by atoms with Gasteiger partial charge in [0.1, 0.15) is 0 Å². The maximum Gasteiger partial charge on any atom is 0.315 e. The highest BCUT2D eigenvalue weighted by Gasteiger charge is 2.11. The second-order valence-corrected chi connectivity index (χ2v) is 8.59. The average molecular weight is 411 g/mol. The van der Waals surface area contributed by atoms with E-state index in [1.54, 1.807) is 0 Å². The van der Waals surface area contributed by atoms with Gasteiger partial charge in [0.2, 0.25) is 0 Å². The predicted molar refractivity (Wildman–Crippen MR) is 125 cm³/mol. The molecule has 0 unspecified atom stereocenters. The molecule has 2 amide bonds. The lowest BCUT2D eigenvalue weighted by Crippen LogP contribution is -2.35. The van der Waals surface area contributed by atoms with E-state index in [9.17, 15) is 4.79 Å². The Balaban J connectivity index is 1.91. The highest BCUT2D eigenvalue weighted by Crippen LogP contribution is 2.14. The molecule has 5 heteroatoms. The molecule has 0 spiro atoms. The lowest BCUT2D eigenvalue weighted by Gasteiger charge is -2.23. The minimum absolute atomic E-state index is 0.144. The van der Waals surface area contributed by atoms with Crippen LogP contribution in [0.1, 0.15) is 49.9 Å². The Labute approximate surface area is 182 Å². The third-order valence-corrected chi connectivity index (χ3v) is 5.72. The zero-order valence-corrected chi connectivity index (χ0v) is 19.4. The largest absolute Gasteiger partial charge is 0.334 e. The molecule has 30 heavy (non-hydrogen) atoms. The number of hydrogen-bond acceptors (Lipinski definition) is 3.